The van der Waals surface area contributed by atoms with Gasteiger partial charge in [0, 0.05) is 16.3 Å². The summed E-state index contributed by atoms with van der Waals surface area (Å²) < 4.78 is 6.11. The molecule has 0 saturated carbocycles. The van der Waals surface area contributed by atoms with E-state index in [4.69, 9.17) is 16.3 Å². The molecule has 4 rings (SSSR count). The van der Waals surface area contributed by atoms with Gasteiger partial charge in [0.2, 0.25) is 5.43 Å². The standard InChI is InChI=1S/C19H14ClN3O4.Na/c1-9-7-11(27-2)4-6-14(9)23-19(26)15-16(18(25)22-23)21-13-8-10(20)3-5-12(13)17(15)24;/h3-8H,1-2H3,(H,21,24)(H,22,25);/q;+1/p-1. The first-order valence-electron chi connectivity index (χ1n) is 8.01. The van der Waals surface area contributed by atoms with Gasteiger partial charge in [-0.3, -0.25) is 9.59 Å². The Balaban J connectivity index is 0.00000225. The molecule has 2 aromatic carbocycles. The summed E-state index contributed by atoms with van der Waals surface area (Å²) in [4.78, 5) is 28.7. The number of ether oxygens (including phenoxy) is 1. The maximum atomic E-state index is 13.0. The molecule has 2 aromatic heterocycles. The molecule has 0 radical (unpaired) electrons. The van der Waals surface area contributed by atoms with E-state index in [1.54, 1.807) is 31.2 Å². The van der Waals surface area contributed by atoms with E-state index in [-0.39, 0.29) is 45.8 Å². The van der Waals surface area contributed by atoms with Gasteiger partial charge in [-0.05, 0) is 48.9 Å². The van der Waals surface area contributed by atoms with Crippen LogP contribution < -0.4 is 50.4 Å². The monoisotopic (exact) mass is 405 g/mol. The predicted molar refractivity (Wildman–Crippen MR) is 101 cm³/mol. The maximum absolute atomic E-state index is 13.0. The first kappa shape index (κ1) is 20.4. The molecule has 0 unspecified atom stereocenters. The molecule has 0 amide bonds. The number of nitrogens with zero attached hydrogens (tertiary/aromatic N) is 2. The van der Waals surface area contributed by atoms with Crippen molar-refractivity contribution in [1.29, 1.82) is 0 Å². The average Bonchev–Trinajstić information content (AvgIpc) is 2.64. The molecular formula is C19H13ClN3NaO4. The van der Waals surface area contributed by atoms with Crippen molar-refractivity contribution in [1.82, 2.24) is 14.8 Å². The number of benzene rings is 2. The summed E-state index contributed by atoms with van der Waals surface area (Å²) in [6, 6.07) is 9.57. The van der Waals surface area contributed by atoms with Crippen LogP contribution in [0.1, 0.15) is 5.56 Å². The molecule has 0 fully saturated rings. The number of nitrogens with one attached hydrogen (secondary N) is 1. The third kappa shape index (κ3) is 3.20. The minimum Gasteiger partial charge on any atom is -0.856 e. The molecule has 9 heteroatoms. The Hall–Kier alpha value is -2.32. The van der Waals surface area contributed by atoms with Gasteiger partial charge in [-0.15, -0.1) is 0 Å². The van der Waals surface area contributed by atoms with Gasteiger partial charge in [-0.25, -0.2) is 0 Å². The number of hydrogen-bond acceptors (Lipinski definition) is 5. The number of halogens is 1. The Bertz CT molecular complexity index is 1350. The maximum Gasteiger partial charge on any atom is 1.00 e. The van der Waals surface area contributed by atoms with Crippen molar-refractivity contribution in [3.05, 3.63) is 67.6 Å². The minimum absolute atomic E-state index is 0. The van der Waals surface area contributed by atoms with Gasteiger partial charge in [0.15, 0.2) is 0 Å². The summed E-state index contributed by atoms with van der Waals surface area (Å²) in [5.74, 6) is -0.105. The summed E-state index contributed by atoms with van der Waals surface area (Å²) >= 11 is 5.95. The van der Waals surface area contributed by atoms with E-state index in [0.717, 1.165) is 4.68 Å². The molecule has 1 N–H and O–H groups in total. The topological polar surface area (TPSA) is 100 Å². The fourth-order valence-electron chi connectivity index (χ4n) is 3.08. The van der Waals surface area contributed by atoms with E-state index >= 15 is 0 Å². The van der Waals surface area contributed by atoms with Crippen molar-refractivity contribution in [2.24, 2.45) is 0 Å². The Morgan fingerprint density at radius 1 is 1.18 bits per heavy atom. The van der Waals surface area contributed by atoms with Crippen LogP contribution in [0.5, 0.6) is 11.6 Å². The molecule has 0 atom stereocenters. The Morgan fingerprint density at radius 3 is 2.61 bits per heavy atom. The molecular weight excluding hydrogens is 393 g/mol. The SMILES string of the molecule is COc1ccc(-n2nc([O-])c3[nH]c4cc(Cl)ccc4c(=O)c3c2=O)c(C)c1.[Na+]. The molecule has 0 aliphatic carbocycles. The van der Waals surface area contributed by atoms with Gasteiger partial charge in [0.05, 0.1) is 23.8 Å². The predicted octanol–water partition coefficient (Wildman–Crippen LogP) is -0.725. The van der Waals surface area contributed by atoms with Gasteiger partial charge >= 0.3 is 29.6 Å². The van der Waals surface area contributed by atoms with Crippen LogP contribution in [0.3, 0.4) is 0 Å². The summed E-state index contributed by atoms with van der Waals surface area (Å²) in [7, 11) is 1.53. The van der Waals surface area contributed by atoms with Gasteiger partial charge in [0.1, 0.15) is 11.1 Å². The molecule has 7 nitrogen and oxygen atoms in total. The van der Waals surface area contributed by atoms with E-state index in [1.807, 2.05) is 0 Å². The van der Waals surface area contributed by atoms with E-state index in [9.17, 15) is 14.7 Å². The zero-order valence-electron chi connectivity index (χ0n) is 15.4. The summed E-state index contributed by atoms with van der Waals surface area (Å²) in [5, 5.41) is 16.8. The quantitative estimate of drug-likeness (QED) is 0.350. The van der Waals surface area contributed by atoms with Crippen LogP contribution in [-0.4, -0.2) is 21.9 Å². The summed E-state index contributed by atoms with van der Waals surface area (Å²) in [6.45, 7) is 1.76. The number of pyridine rings is 1. The number of aromatic amines is 1. The molecule has 4 aromatic rings. The average molecular weight is 406 g/mol. The normalized spacial score (nSPS) is 10.8. The van der Waals surface area contributed by atoms with Crippen molar-refractivity contribution < 1.29 is 39.4 Å². The van der Waals surface area contributed by atoms with Gasteiger partial charge < -0.3 is 14.8 Å². The number of methoxy groups -OCH3 is 1. The summed E-state index contributed by atoms with van der Waals surface area (Å²) in [5.41, 5.74) is 0.0942. The Kier molecular flexibility index (Phi) is 5.54. The Morgan fingerprint density at radius 2 is 1.93 bits per heavy atom. The van der Waals surface area contributed by atoms with E-state index < -0.39 is 16.9 Å². The van der Waals surface area contributed by atoms with Crippen molar-refractivity contribution in [2.75, 3.05) is 7.11 Å². The molecule has 2 heterocycles. The van der Waals surface area contributed by atoms with Crippen molar-refractivity contribution in [3.8, 4) is 17.3 Å². The fourth-order valence-corrected chi connectivity index (χ4v) is 3.25. The Labute approximate surface area is 185 Å². The zero-order valence-corrected chi connectivity index (χ0v) is 18.1. The number of aryl methyl sites for hydroxylation is 1. The van der Waals surface area contributed by atoms with E-state index in [2.05, 4.69) is 10.1 Å². The number of fused-ring (bicyclic) bond motifs is 2. The molecule has 0 bridgehead atoms. The van der Waals surface area contributed by atoms with Gasteiger partial charge in [-0.2, -0.15) is 9.78 Å². The van der Waals surface area contributed by atoms with Crippen LogP contribution in [-0.2, 0) is 0 Å². The van der Waals surface area contributed by atoms with E-state index in [1.165, 1.54) is 19.2 Å². The smallest absolute Gasteiger partial charge is 0.856 e. The second kappa shape index (κ2) is 7.60. The van der Waals surface area contributed by atoms with Crippen LogP contribution in [0.25, 0.3) is 27.5 Å². The fraction of sp³-hybridized carbons (Fsp3) is 0.105. The van der Waals surface area contributed by atoms with Crippen LogP contribution >= 0.6 is 11.6 Å². The third-order valence-corrected chi connectivity index (χ3v) is 4.64. The minimum atomic E-state index is -0.709. The van der Waals surface area contributed by atoms with Crippen molar-refractivity contribution >= 4 is 33.4 Å². The summed E-state index contributed by atoms with van der Waals surface area (Å²) in [6.07, 6.45) is 0. The first-order chi connectivity index (χ1) is 12.9. The third-order valence-electron chi connectivity index (χ3n) is 4.41. The van der Waals surface area contributed by atoms with Crippen LogP contribution in [0, 0.1) is 6.92 Å². The molecule has 136 valence electrons. The molecule has 0 spiro atoms. The molecule has 0 aliphatic heterocycles. The van der Waals surface area contributed by atoms with Crippen molar-refractivity contribution in [2.45, 2.75) is 6.92 Å². The number of H-pyrrole nitrogens is 1. The molecule has 0 aliphatic rings. The molecule has 28 heavy (non-hydrogen) atoms. The van der Waals surface area contributed by atoms with E-state index in [0.29, 0.717) is 27.5 Å². The van der Waals surface area contributed by atoms with Crippen LogP contribution in [0.15, 0.2) is 46.0 Å². The van der Waals surface area contributed by atoms with Crippen molar-refractivity contribution in [3.63, 3.8) is 0 Å². The van der Waals surface area contributed by atoms with Crippen LogP contribution in [0.4, 0.5) is 0 Å². The van der Waals surface area contributed by atoms with Crippen LogP contribution in [0.2, 0.25) is 5.02 Å². The van der Waals surface area contributed by atoms with Gasteiger partial charge in [0.25, 0.3) is 5.56 Å². The number of hydrogen-bond donors (Lipinski definition) is 1. The zero-order chi connectivity index (χ0) is 19.3. The molecule has 0 saturated heterocycles. The second-order valence-corrected chi connectivity index (χ2v) is 6.50. The second-order valence-electron chi connectivity index (χ2n) is 6.07. The number of rotatable bonds is 2. The first-order valence-corrected chi connectivity index (χ1v) is 8.39. The largest absolute Gasteiger partial charge is 1.00 e. The number of aromatic nitrogens is 3. The van der Waals surface area contributed by atoms with Gasteiger partial charge in [-0.1, -0.05) is 11.6 Å².